The highest BCUT2D eigenvalue weighted by atomic mass is 14.2. The summed E-state index contributed by atoms with van der Waals surface area (Å²) in [6, 6.07) is 16.4. The third-order valence-electron chi connectivity index (χ3n) is 7.00. The quantitative estimate of drug-likeness (QED) is 0.194. The fourth-order valence-electron chi connectivity index (χ4n) is 5.56. The van der Waals surface area contributed by atoms with E-state index in [-0.39, 0.29) is 0 Å². The normalized spacial score (nSPS) is 12.6. The third-order valence-corrected chi connectivity index (χ3v) is 7.00. The minimum Gasteiger partial charge on any atom is -0.0581 e. The van der Waals surface area contributed by atoms with Crippen molar-refractivity contribution >= 4 is 53.9 Å². The smallest absolute Gasteiger partial charge is 0.00110 e. The number of aryl methyl sites for hydroxylation is 5. The van der Waals surface area contributed by atoms with Crippen molar-refractivity contribution < 1.29 is 0 Å². The van der Waals surface area contributed by atoms with Crippen molar-refractivity contribution in [1.82, 2.24) is 0 Å². The van der Waals surface area contributed by atoms with Crippen LogP contribution in [0.2, 0.25) is 0 Å². The first kappa shape index (κ1) is 15.2. The van der Waals surface area contributed by atoms with Gasteiger partial charge in [0.1, 0.15) is 0 Å². The molecule has 0 bridgehead atoms. The topological polar surface area (TPSA) is 0 Å². The van der Waals surface area contributed by atoms with Crippen LogP contribution in [-0.4, -0.2) is 0 Å². The fourth-order valence-corrected chi connectivity index (χ4v) is 5.56. The van der Waals surface area contributed by atoms with Crippen LogP contribution in [-0.2, 0) is 0 Å². The van der Waals surface area contributed by atoms with Gasteiger partial charge in [0.2, 0.25) is 0 Å². The van der Waals surface area contributed by atoms with Gasteiger partial charge in [0.15, 0.2) is 0 Å². The molecule has 6 aromatic rings. The average Bonchev–Trinajstić information content (AvgIpc) is 2.66. The summed E-state index contributed by atoms with van der Waals surface area (Å²) in [7, 11) is 0. The van der Waals surface area contributed by atoms with Crippen LogP contribution in [0, 0.1) is 34.6 Å². The van der Waals surface area contributed by atoms with E-state index >= 15 is 0 Å². The van der Waals surface area contributed by atoms with E-state index in [1.165, 1.54) is 81.7 Å². The zero-order valence-corrected chi connectivity index (χ0v) is 16.5. The van der Waals surface area contributed by atoms with Gasteiger partial charge in [0.25, 0.3) is 0 Å². The van der Waals surface area contributed by atoms with Crippen molar-refractivity contribution in [3.05, 3.63) is 70.3 Å². The molecule has 0 saturated carbocycles. The summed E-state index contributed by atoms with van der Waals surface area (Å²) in [6.45, 7) is 11.3. The fraction of sp³-hybridized carbons (Fsp3) is 0.185. The monoisotopic (exact) mass is 346 g/mol. The van der Waals surface area contributed by atoms with Crippen LogP contribution in [0.25, 0.3) is 53.9 Å². The first-order valence-corrected chi connectivity index (χ1v) is 9.81. The first-order chi connectivity index (χ1) is 13.0. The van der Waals surface area contributed by atoms with Crippen molar-refractivity contribution in [2.75, 3.05) is 0 Å². The van der Waals surface area contributed by atoms with Crippen molar-refractivity contribution in [3.63, 3.8) is 0 Å². The van der Waals surface area contributed by atoms with Gasteiger partial charge in [-0.2, -0.15) is 0 Å². The highest BCUT2D eigenvalue weighted by Crippen LogP contribution is 2.48. The van der Waals surface area contributed by atoms with E-state index in [2.05, 4.69) is 77.1 Å². The second-order valence-corrected chi connectivity index (χ2v) is 8.39. The van der Waals surface area contributed by atoms with Crippen LogP contribution in [0.5, 0.6) is 0 Å². The van der Waals surface area contributed by atoms with E-state index < -0.39 is 0 Å². The van der Waals surface area contributed by atoms with Crippen molar-refractivity contribution in [2.24, 2.45) is 0 Å². The van der Waals surface area contributed by atoms with Gasteiger partial charge in [0, 0.05) is 0 Å². The molecule has 0 N–H and O–H groups in total. The van der Waals surface area contributed by atoms with Gasteiger partial charge < -0.3 is 0 Å². The van der Waals surface area contributed by atoms with Gasteiger partial charge in [-0.1, -0.05) is 42.5 Å². The summed E-state index contributed by atoms with van der Waals surface area (Å²) in [5, 5.41) is 14.3. The molecule has 0 aliphatic heterocycles. The largest absolute Gasteiger partial charge is 0.0581 e. The summed E-state index contributed by atoms with van der Waals surface area (Å²) >= 11 is 0. The Labute approximate surface area is 159 Å². The molecule has 130 valence electrons. The molecule has 6 rings (SSSR count). The van der Waals surface area contributed by atoms with E-state index in [0.29, 0.717) is 0 Å². The standard InChI is InChI=1S/C27H22/c1-13-6-7-22-23-15(3)12-14(2)19-9-11-21-17(5)16(4)20-10-8-18(13)24(22)26(20)27(21)25(19)23/h6-12H,1-5H3. The number of benzene rings is 6. The second kappa shape index (κ2) is 4.70. The van der Waals surface area contributed by atoms with Crippen molar-refractivity contribution in [2.45, 2.75) is 34.6 Å². The Morgan fingerprint density at radius 1 is 0.370 bits per heavy atom. The van der Waals surface area contributed by atoms with E-state index in [1.807, 2.05) is 0 Å². The molecule has 0 heterocycles. The Balaban J connectivity index is 2.19. The van der Waals surface area contributed by atoms with Crippen molar-refractivity contribution in [1.29, 1.82) is 0 Å². The maximum atomic E-state index is 2.36. The van der Waals surface area contributed by atoms with E-state index in [1.54, 1.807) is 0 Å². The van der Waals surface area contributed by atoms with Crippen LogP contribution >= 0.6 is 0 Å². The van der Waals surface area contributed by atoms with E-state index in [4.69, 9.17) is 0 Å². The predicted octanol–water partition coefficient (Wildman–Crippen LogP) is 7.87. The summed E-state index contributed by atoms with van der Waals surface area (Å²) in [4.78, 5) is 0. The molecule has 0 aliphatic rings. The van der Waals surface area contributed by atoms with Gasteiger partial charge in [-0.3, -0.25) is 0 Å². The molecule has 0 aliphatic carbocycles. The van der Waals surface area contributed by atoms with Crippen LogP contribution in [0.4, 0.5) is 0 Å². The Bertz CT molecular complexity index is 1550. The number of fused-ring (bicyclic) bond motifs is 1. The zero-order chi connectivity index (χ0) is 18.6. The molecule has 0 aromatic heterocycles. The summed E-state index contributed by atoms with van der Waals surface area (Å²) in [5.74, 6) is 0. The molecule has 0 radical (unpaired) electrons. The molecule has 0 atom stereocenters. The Morgan fingerprint density at radius 3 is 1.52 bits per heavy atom. The third kappa shape index (κ3) is 1.61. The average molecular weight is 346 g/mol. The van der Waals surface area contributed by atoms with Crippen LogP contribution in [0.1, 0.15) is 27.8 Å². The molecular weight excluding hydrogens is 324 g/mol. The number of hydrogen-bond acceptors (Lipinski definition) is 0. The molecule has 27 heavy (non-hydrogen) atoms. The van der Waals surface area contributed by atoms with E-state index in [9.17, 15) is 0 Å². The lowest BCUT2D eigenvalue weighted by Crippen LogP contribution is -1.97. The Kier molecular flexibility index (Phi) is 2.65. The van der Waals surface area contributed by atoms with Gasteiger partial charge >= 0.3 is 0 Å². The highest BCUT2D eigenvalue weighted by Gasteiger charge is 2.21. The van der Waals surface area contributed by atoms with Crippen LogP contribution in [0.15, 0.2) is 42.5 Å². The molecule has 0 fully saturated rings. The summed E-state index contributed by atoms with van der Waals surface area (Å²) in [6.07, 6.45) is 0. The maximum Gasteiger partial charge on any atom is -0.00110 e. The molecule has 0 unspecified atom stereocenters. The van der Waals surface area contributed by atoms with Gasteiger partial charge in [-0.15, -0.1) is 0 Å². The van der Waals surface area contributed by atoms with Crippen molar-refractivity contribution in [3.8, 4) is 0 Å². The van der Waals surface area contributed by atoms with E-state index in [0.717, 1.165) is 0 Å². The lowest BCUT2D eigenvalue weighted by atomic mass is 9.80. The molecule has 0 spiro atoms. The highest BCUT2D eigenvalue weighted by molar-refractivity contribution is 6.41. The second-order valence-electron chi connectivity index (χ2n) is 8.39. The van der Waals surface area contributed by atoms with Gasteiger partial charge in [0.05, 0.1) is 0 Å². The maximum absolute atomic E-state index is 2.36. The Hall–Kier alpha value is -2.86. The first-order valence-electron chi connectivity index (χ1n) is 9.81. The Morgan fingerprint density at radius 2 is 0.852 bits per heavy atom. The molecule has 0 heteroatoms. The lowest BCUT2D eigenvalue weighted by Gasteiger charge is -2.23. The lowest BCUT2D eigenvalue weighted by molar-refractivity contribution is 1.41. The zero-order valence-electron chi connectivity index (χ0n) is 16.5. The van der Waals surface area contributed by atoms with Crippen LogP contribution < -0.4 is 0 Å². The number of hydrogen-bond donors (Lipinski definition) is 0. The number of rotatable bonds is 0. The molecule has 6 aromatic carbocycles. The summed E-state index contributed by atoms with van der Waals surface area (Å²) < 4.78 is 0. The van der Waals surface area contributed by atoms with Crippen LogP contribution in [0.3, 0.4) is 0 Å². The molecular formula is C27H22. The predicted molar refractivity (Wildman–Crippen MR) is 120 cm³/mol. The molecule has 0 saturated heterocycles. The van der Waals surface area contributed by atoms with Gasteiger partial charge in [-0.05, 0) is 116 Å². The molecule has 0 nitrogen and oxygen atoms in total. The summed E-state index contributed by atoms with van der Waals surface area (Å²) in [5.41, 5.74) is 6.96. The SMILES string of the molecule is Cc1ccc2c3c(C)cc(C)c4ccc5c(C)c(C)c6ccc1c2c6c5c43. The minimum absolute atomic E-state index is 1.36. The minimum atomic E-state index is 1.36. The van der Waals surface area contributed by atoms with Gasteiger partial charge in [-0.25, -0.2) is 0 Å². The molecule has 0 amide bonds.